The normalized spacial score (nSPS) is 7.62. The maximum Gasteiger partial charge on any atom is 1.00 e. The molecule has 1 aromatic heterocycles. The molecule has 1 rings (SSSR count). The minimum absolute atomic E-state index is 0. The maximum atomic E-state index is 3.77. The van der Waals surface area contributed by atoms with Crippen molar-refractivity contribution < 1.29 is 18.9 Å². The van der Waals surface area contributed by atoms with E-state index in [1.165, 1.54) is 0 Å². The van der Waals surface area contributed by atoms with E-state index in [0.717, 1.165) is 4.60 Å². The molecule has 0 spiro atoms. The van der Waals surface area contributed by atoms with Crippen LogP contribution in [-0.2, 0) is 0 Å². The number of hydrogen-bond acceptors (Lipinski definition) is 1. The third-order valence-electron chi connectivity index (χ3n) is 0.576. The molecule has 0 amide bonds. The summed E-state index contributed by atoms with van der Waals surface area (Å²) in [6, 6.07) is 5.48. The largest absolute Gasteiger partial charge is 1.00 e. The second kappa shape index (κ2) is 4.14. The molecule has 1 heterocycles. The standard InChI is InChI=1S/C5H3BrN.Li/c6-5-3-1-2-4-7-5;/h1-3H;/q-1;+1. The first kappa shape index (κ1) is 8.23. The van der Waals surface area contributed by atoms with Gasteiger partial charge in [-0.1, -0.05) is 6.20 Å². The number of halogens is 1. The van der Waals surface area contributed by atoms with Gasteiger partial charge in [0.15, 0.2) is 0 Å². The molecule has 0 fully saturated rings. The minimum atomic E-state index is 0. The number of hydrogen-bond donors (Lipinski definition) is 0. The van der Waals surface area contributed by atoms with Crippen molar-refractivity contribution in [2.45, 2.75) is 0 Å². The first-order chi connectivity index (χ1) is 3.39. The average Bonchev–Trinajstić information content (AvgIpc) is 1.69. The van der Waals surface area contributed by atoms with Crippen molar-refractivity contribution in [1.29, 1.82) is 0 Å². The van der Waals surface area contributed by atoms with Crippen LogP contribution in [0, 0.1) is 6.20 Å². The molecule has 0 N–H and O–H groups in total. The van der Waals surface area contributed by atoms with Crippen molar-refractivity contribution in [3.8, 4) is 0 Å². The van der Waals surface area contributed by atoms with Crippen molar-refractivity contribution in [1.82, 2.24) is 4.98 Å². The monoisotopic (exact) mass is 163 g/mol. The van der Waals surface area contributed by atoms with Gasteiger partial charge in [-0.3, -0.25) is 0 Å². The van der Waals surface area contributed by atoms with Gasteiger partial charge in [0, 0.05) is 0 Å². The van der Waals surface area contributed by atoms with Crippen LogP contribution < -0.4 is 18.9 Å². The van der Waals surface area contributed by atoms with Crippen molar-refractivity contribution in [3.05, 3.63) is 29.0 Å². The van der Waals surface area contributed by atoms with Crippen molar-refractivity contribution in [2.75, 3.05) is 0 Å². The van der Waals surface area contributed by atoms with E-state index in [1.54, 1.807) is 6.07 Å². The van der Waals surface area contributed by atoms with Gasteiger partial charge in [-0.2, -0.15) is 12.1 Å². The molecule has 1 aromatic rings. The zero-order chi connectivity index (χ0) is 5.11. The first-order valence-electron chi connectivity index (χ1n) is 1.88. The Morgan fingerprint density at radius 2 is 2.38 bits per heavy atom. The van der Waals surface area contributed by atoms with Crippen molar-refractivity contribution in [2.24, 2.45) is 0 Å². The summed E-state index contributed by atoms with van der Waals surface area (Å²) in [7, 11) is 0. The Morgan fingerprint density at radius 3 is 2.62 bits per heavy atom. The second-order valence-electron chi connectivity index (χ2n) is 1.09. The molecule has 0 aromatic carbocycles. The van der Waals surface area contributed by atoms with E-state index in [4.69, 9.17) is 0 Å². The Labute approximate surface area is 68.8 Å². The molecular formula is C5H3BrLiN. The summed E-state index contributed by atoms with van der Waals surface area (Å²) in [5.74, 6) is 0. The molecule has 0 aliphatic rings. The molecule has 0 saturated carbocycles. The van der Waals surface area contributed by atoms with Crippen LogP contribution in [0.4, 0.5) is 0 Å². The third kappa shape index (κ3) is 2.51. The van der Waals surface area contributed by atoms with Gasteiger partial charge in [0.2, 0.25) is 0 Å². The third-order valence-corrected chi connectivity index (χ3v) is 1.02. The number of pyridine rings is 1. The Balaban J connectivity index is 0.000000490. The summed E-state index contributed by atoms with van der Waals surface area (Å²) in [4.78, 5) is 3.77. The smallest absolute Gasteiger partial charge is 0.380 e. The molecule has 0 radical (unpaired) electrons. The molecule has 8 heavy (non-hydrogen) atoms. The van der Waals surface area contributed by atoms with E-state index in [2.05, 4.69) is 27.1 Å². The zero-order valence-corrected chi connectivity index (χ0v) is 6.14. The molecule has 3 heteroatoms. The predicted molar refractivity (Wildman–Crippen MR) is 30.8 cm³/mol. The minimum Gasteiger partial charge on any atom is -0.380 e. The van der Waals surface area contributed by atoms with E-state index in [1.807, 2.05) is 12.1 Å². The molecule has 36 valence electrons. The average molecular weight is 164 g/mol. The molecule has 1 nitrogen and oxygen atoms in total. The zero-order valence-electron chi connectivity index (χ0n) is 4.56. The SMILES string of the molecule is Brc1ccc[c-]n1.[Li+]. The number of aromatic nitrogens is 1. The van der Waals surface area contributed by atoms with Gasteiger partial charge in [-0.25, -0.2) is 0 Å². The van der Waals surface area contributed by atoms with Crippen molar-refractivity contribution >= 4 is 15.9 Å². The summed E-state index contributed by atoms with van der Waals surface area (Å²) < 4.78 is 0.829. The van der Waals surface area contributed by atoms with Gasteiger partial charge in [-0.15, -0.1) is 22.0 Å². The molecule has 0 atom stereocenters. The predicted octanol–water partition coefficient (Wildman–Crippen LogP) is -1.35. The van der Waals surface area contributed by atoms with E-state index >= 15 is 0 Å². The van der Waals surface area contributed by atoms with Crippen LogP contribution in [0.1, 0.15) is 0 Å². The van der Waals surface area contributed by atoms with Crippen LogP contribution in [0.25, 0.3) is 0 Å². The van der Waals surface area contributed by atoms with Crippen LogP contribution in [-0.4, -0.2) is 4.98 Å². The second-order valence-corrected chi connectivity index (χ2v) is 1.90. The summed E-state index contributed by atoms with van der Waals surface area (Å²) in [5, 5.41) is 0. The van der Waals surface area contributed by atoms with Gasteiger partial charge in [0.25, 0.3) is 0 Å². The van der Waals surface area contributed by atoms with Crippen molar-refractivity contribution in [3.63, 3.8) is 0 Å². The first-order valence-corrected chi connectivity index (χ1v) is 2.67. The number of nitrogens with zero attached hydrogens (tertiary/aromatic N) is 1. The van der Waals surface area contributed by atoms with Gasteiger partial charge >= 0.3 is 18.9 Å². The van der Waals surface area contributed by atoms with Crippen LogP contribution in [0.15, 0.2) is 22.8 Å². The summed E-state index contributed by atoms with van der Waals surface area (Å²) >= 11 is 3.17. The van der Waals surface area contributed by atoms with Crippen LogP contribution in [0.5, 0.6) is 0 Å². The topological polar surface area (TPSA) is 12.9 Å². The van der Waals surface area contributed by atoms with Gasteiger partial charge in [0.1, 0.15) is 0 Å². The molecule has 0 aliphatic carbocycles. The van der Waals surface area contributed by atoms with E-state index in [9.17, 15) is 0 Å². The van der Waals surface area contributed by atoms with Crippen LogP contribution in [0.2, 0.25) is 0 Å². The van der Waals surface area contributed by atoms with Crippen LogP contribution >= 0.6 is 15.9 Å². The van der Waals surface area contributed by atoms with E-state index in [0.29, 0.717) is 0 Å². The molecule has 0 aliphatic heterocycles. The van der Waals surface area contributed by atoms with Gasteiger partial charge < -0.3 is 4.98 Å². The summed E-state index contributed by atoms with van der Waals surface area (Å²) in [5.41, 5.74) is 0. The fourth-order valence-electron chi connectivity index (χ4n) is 0.307. The number of rotatable bonds is 0. The Hall–Kier alpha value is 0.227. The van der Waals surface area contributed by atoms with Crippen LogP contribution in [0.3, 0.4) is 0 Å². The van der Waals surface area contributed by atoms with Gasteiger partial charge in [0.05, 0.1) is 0 Å². The summed E-state index contributed by atoms with van der Waals surface area (Å²) in [6.07, 6.45) is 2.66. The Kier molecular flexibility index (Phi) is 4.26. The van der Waals surface area contributed by atoms with E-state index in [-0.39, 0.29) is 18.9 Å². The van der Waals surface area contributed by atoms with E-state index < -0.39 is 0 Å². The fourth-order valence-corrected chi connectivity index (χ4v) is 0.562. The molecule has 0 saturated heterocycles. The Bertz CT molecular complexity index is 142. The fraction of sp³-hybridized carbons (Fsp3) is 0. The molecular weight excluding hydrogens is 161 g/mol. The van der Waals surface area contributed by atoms with Gasteiger partial charge in [-0.05, 0) is 4.60 Å². The Morgan fingerprint density at radius 1 is 1.62 bits per heavy atom. The molecule has 0 unspecified atom stereocenters. The quantitative estimate of drug-likeness (QED) is 0.262. The summed E-state index contributed by atoms with van der Waals surface area (Å²) in [6.45, 7) is 0. The maximum absolute atomic E-state index is 3.77. The molecule has 0 bridgehead atoms.